The van der Waals surface area contributed by atoms with E-state index in [2.05, 4.69) is 10.6 Å². The Bertz CT molecular complexity index is 639. The molecular formula is C21H32N2O4. The van der Waals surface area contributed by atoms with E-state index in [1.165, 1.54) is 6.42 Å². The van der Waals surface area contributed by atoms with Crippen LogP contribution in [0.3, 0.4) is 0 Å². The zero-order valence-electron chi connectivity index (χ0n) is 16.8. The molecule has 0 aromatic heterocycles. The van der Waals surface area contributed by atoms with E-state index in [1.807, 2.05) is 13.8 Å². The fraction of sp³-hybridized carbons (Fsp3) is 0.619. The van der Waals surface area contributed by atoms with Crippen LogP contribution in [-0.2, 0) is 9.59 Å². The number of carbonyl (C=O) groups excluding carboxylic acids is 2. The molecule has 1 fully saturated rings. The smallest absolute Gasteiger partial charge is 0.247 e. The van der Waals surface area contributed by atoms with Gasteiger partial charge in [-0.05, 0) is 37.3 Å². The van der Waals surface area contributed by atoms with Gasteiger partial charge in [0.2, 0.25) is 11.8 Å². The van der Waals surface area contributed by atoms with Gasteiger partial charge in [0, 0.05) is 12.0 Å². The second kappa shape index (κ2) is 10.2. The minimum atomic E-state index is -0.574. The summed E-state index contributed by atoms with van der Waals surface area (Å²) in [7, 11) is 3.12. The fourth-order valence-corrected chi connectivity index (χ4v) is 3.49. The lowest BCUT2D eigenvalue weighted by Crippen LogP contribution is -2.47. The number of rotatable bonds is 8. The Morgan fingerprint density at radius 2 is 1.81 bits per heavy atom. The SMILES string of the molecule is COc1ccc(OC)c(NC(=O)[C@H](CC(C)C)NC(=O)C2CCCCC2)c1. The van der Waals surface area contributed by atoms with Crippen LogP contribution in [0.1, 0.15) is 52.4 Å². The molecule has 1 aliphatic rings. The lowest BCUT2D eigenvalue weighted by atomic mass is 9.88. The Labute approximate surface area is 162 Å². The van der Waals surface area contributed by atoms with Crippen molar-refractivity contribution < 1.29 is 19.1 Å². The van der Waals surface area contributed by atoms with Gasteiger partial charge in [-0.25, -0.2) is 0 Å². The molecule has 0 saturated heterocycles. The van der Waals surface area contributed by atoms with Crippen LogP contribution >= 0.6 is 0 Å². The number of amides is 2. The molecule has 0 heterocycles. The van der Waals surface area contributed by atoms with E-state index < -0.39 is 6.04 Å². The van der Waals surface area contributed by atoms with Gasteiger partial charge in [-0.2, -0.15) is 0 Å². The molecule has 2 N–H and O–H groups in total. The van der Waals surface area contributed by atoms with Crippen LogP contribution in [0.2, 0.25) is 0 Å². The standard InChI is InChI=1S/C21H32N2O4/c1-14(2)12-18(23-20(24)15-8-6-5-7-9-15)21(25)22-17-13-16(26-3)10-11-19(17)27-4/h10-11,13-15,18H,5-9,12H2,1-4H3,(H,22,25)(H,23,24)/t18-/m0/s1. The maximum atomic E-state index is 12.9. The second-order valence-electron chi connectivity index (χ2n) is 7.58. The Morgan fingerprint density at radius 1 is 1.11 bits per heavy atom. The predicted octanol–water partition coefficient (Wildman–Crippen LogP) is 3.75. The molecule has 1 saturated carbocycles. The molecule has 1 aromatic rings. The first-order valence-corrected chi connectivity index (χ1v) is 9.77. The van der Waals surface area contributed by atoms with Gasteiger partial charge in [0.05, 0.1) is 19.9 Å². The van der Waals surface area contributed by atoms with E-state index in [9.17, 15) is 9.59 Å². The molecule has 6 heteroatoms. The van der Waals surface area contributed by atoms with Crippen molar-refractivity contribution in [3.63, 3.8) is 0 Å². The van der Waals surface area contributed by atoms with Crippen molar-refractivity contribution in [3.05, 3.63) is 18.2 Å². The molecule has 1 aliphatic carbocycles. The van der Waals surface area contributed by atoms with Crippen molar-refractivity contribution in [2.75, 3.05) is 19.5 Å². The number of benzene rings is 1. The second-order valence-corrected chi connectivity index (χ2v) is 7.58. The average molecular weight is 376 g/mol. The highest BCUT2D eigenvalue weighted by atomic mass is 16.5. The van der Waals surface area contributed by atoms with Crippen molar-refractivity contribution in [3.8, 4) is 11.5 Å². The molecule has 1 aromatic carbocycles. The van der Waals surface area contributed by atoms with Gasteiger partial charge in [0.15, 0.2) is 0 Å². The first kappa shape index (κ1) is 21.1. The average Bonchev–Trinajstić information content (AvgIpc) is 2.67. The summed E-state index contributed by atoms with van der Waals surface area (Å²) < 4.78 is 10.6. The molecule has 2 rings (SSSR count). The van der Waals surface area contributed by atoms with Gasteiger partial charge >= 0.3 is 0 Å². The van der Waals surface area contributed by atoms with Crippen molar-refractivity contribution in [1.82, 2.24) is 5.32 Å². The summed E-state index contributed by atoms with van der Waals surface area (Å²) >= 11 is 0. The number of hydrogen-bond acceptors (Lipinski definition) is 4. The summed E-state index contributed by atoms with van der Waals surface area (Å²) in [6.45, 7) is 4.08. The Hall–Kier alpha value is -2.24. The fourth-order valence-electron chi connectivity index (χ4n) is 3.49. The molecule has 2 amide bonds. The van der Waals surface area contributed by atoms with Crippen LogP contribution in [0.5, 0.6) is 11.5 Å². The third-order valence-electron chi connectivity index (χ3n) is 4.98. The van der Waals surface area contributed by atoms with Crippen LogP contribution in [-0.4, -0.2) is 32.1 Å². The van der Waals surface area contributed by atoms with E-state index in [-0.39, 0.29) is 23.7 Å². The van der Waals surface area contributed by atoms with Crippen molar-refractivity contribution in [1.29, 1.82) is 0 Å². The minimum absolute atomic E-state index is 0.00638. The van der Waals surface area contributed by atoms with Crippen LogP contribution in [0.15, 0.2) is 18.2 Å². The van der Waals surface area contributed by atoms with Gasteiger partial charge in [0.25, 0.3) is 0 Å². The molecule has 0 spiro atoms. The van der Waals surface area contributed by atoms with Gasteiger partial charge in [-0.15, -0.1) is 0 Å². The lowest BCUT2D eigenvalue weighted by molar-refractivity contribution is -0.130. The molecule has 0 bridgehead atoms. The molecule has 150 valence electrons. The monoisotopic (exact) mass is 376 g/mol. The van der Waals surface area contributed by atoms with E-state index in [1.54, 1.807) is 32.4 Å². The highest BCUT2D eigenvalue weighted by Crippen LogP contribution is 2.29. The van der Waals surface area contributed by atoms with E-state index in [4.69, 9.17) is 9.47 Å². The molecule has 0 aliphatic heterocycles. The zero-order valence-corrected chi connectivity index (χ0v) is 16.8. The van der Waals surface area contributed by atoms with Gasteiger partial charge < -0.3 is 20.1 Å². The van der Waals surface area contributed by atoms with E-state index in [0.717, 1.165) is 25.7 Å². The summed E-state index contributed by atoms with van der Waals surface area (Å²) in [4.78, 5) is 25.5. The topological polar surface area (TPSA) is 76.7 Å². The molecule has 0 unspecified atom stereocenters. The van der Waals surface area contributed by atoms with Crippen molar-refractivity contribution in [2.24, 2.45) is 11.8 Å². The van der Waals surface area contributed by atoms with Crippen LogP contribution in [0, 0.1) is 11.8 Å². The number of methoxy groups -OCH3 is 2. The summed E-state index contributed by atoms with van der Waals surface area (Å²) in [5.41, 5.74) is 0.530. The first-order valence-electron chi connectivity index (χ1n) is 9.77. The largest absolute Gasteiger partial charge is 0.497 e. The summed E-state index contributed by atoms with van der Waals surface area (Å²) in [5, 5.41) is 5.87. The number of carbonyl (C=O) groups is 2. The number of hydrogen-bond donors (Lipinski definition) is 2. The number of nitrogens with one attached hydrogen (secondary N) is 2. The van der Waals surface area contributed by atoms with E-state index >= 15 is 0 Å². The number of ether oxygens (including phenoxy) is 2. The lowest BCUT2D eigenvalue weighted by Gasteiger charge is -2.25. The molecule has 27 heavy (non-hydrogen) atoms. The van der Waals surface area contributed by atoms with Gasteiger partial charge in [0.1, 0.15) is 17.5 Å². The minimum Gasteiger partial charge on any atom is -0.497 e. The Kier molecular flexibility index (Phi) is 7.95. The van der Waals surface area contributed by atoms with Gasteiger partial charge in [-0.3, -0.25) is 9.59 Å². The maximum Gasteiger partial charge on any atom is 0.247 e. The molecule has 1 atom stereocenters. The highest BCUT2D eigenvalue weighted by Gasteiger charge is 2.27. The highest BCUT2D eigenvalue weighted by molar-refractivity contribution is 5.98. The van der Waals surface area contributed by atoms with Gasteiger partial charge in [-0.1, -0.05) is 33.1 Å². The summed E-state index contributed by atoms with van der Waals surface area (Å²) in [6, 6.07) is 4.65. The maximum absolute atomic E-state index is 12.9. The zero-order chi connectivity index (χ0) is 19.8. The summed E-state index contributed by atoms with van der Waals surface area (Å²) in [6.07, 6.45) is 5.75. The molecule has 6 nitrogen and oxygen atoms in total. The summed E-state index contributed by atoms with van der Waals surface area (Å²) in [5.74, 6) is 1.23. The van der Waals surface area contributed by atoms with Crippen LogP contribution in [0.4, 0.5) is 5.69 Å². The quantitative estimate of drug-likeness (QED) is 0.724. The third-order valence-corrected chi connectivity index (χ3v) is 4.98. The number of anilines is 1. The normalized spacial score (nSPS) is 15.9. The predicted molar refractivity (Wildman–Crippen MR) is 106 cm³/mol. The first-order chi connectivity index (χ1) is 12.9. The molecule has 0 radical (unpaired) electrons. The Balaban J connectivity index is 2.11. The van der Waals surface area contributed by atoms with Crippen LogP contribution < -0.4 is 20.1 Å². The third kappa shape index (κ3) is 6.15. The van der Waals surface area contributed by atoms with E-state index in [0.29, 0.717) is 23.6 Å². The van der Waals surface area contributed by atoms with Crippen molar-refractivity contribution >= 4 is 17.5 Å². The Morgan fingerprint density at radius 3 is 2.41 bits per heavy atom. The van der Waals surface area contributed by atoms with Crippen molar-refractivity contribution in [2.45, 2.75) is 58.4 Å². The van der Waals surface area contributed by atoms with Crippen LogP contribution in [0.25, 0.3) is 0 Å². The molecular weight excluding hydrogens is 344 g/mol.